The molecule has 0 saturated carbocycles. The number of benzene rings is 1. The van der Waals surface area contributed by atoms with Gasteiger partial charge >= 0.3 is 0 Å². The maximum Gasteiger partial charge on any atom is 0.0515 e. The summed E-state index contributed by atoms with van der Waals surface area (Å²) in [6, 6.07) is 7.16. The summed E-state index contributed by atoms with van der Waals surface area (Å²) < 4.78 is 1.20. The van der Waals surface area contributed by atoms with E-state index < -0.39 is 0 Å². The van der Waals surface area contributed by atoms with Crippen molar-refractivity contribution in [3.8, 4) is 0 Å². The Bertz CT molecular complexity index is 429. The highest BCUT2D eigenvalue weighted by atomic mass is 79.9. The molecule has 1 heterocycles. The van der Waals surface area contributed by atoms with Gasteiger partial charge in [0.15, 0.2) is 0 Å². The Labute approximate surface area is 119 Å². The number of aryl methyl sites for hydroxylation is 1. The van der Waals surface area contributed by atoms with E-state index >= 15 is 0 Å². The summed E-state index contributed by atoms with van der Waals surface area (Å²) in [5.74, 6) is 0. The Morgan fingerprint density at radius 3 is 2.78 bits per heavy atom. The SMILES string of the molecule is Cc1ccc(N2CC(C)NCCC2(C)C)c(Br)c1. The average molecular weight is 311 g/mol. The van der Waals surface area contributed by atoms with Crippen LogP contribution in [0, 0.1) is 6.92 Å². The highest BCUT2D eigenvalue weighted by Gasteiger charge is 2.31. The number of nitrogens with one attached hydrogen (secondary N) is 1. The predicted octanol–water partition coefficient (Wildman–Crippen LogP) is 3.72. The maximum absolute atomic E-state index is 3.72. The van der Waals surface area contributed by atoms with Crippen LogP contribution in [0.25, 0.3) is 0 Å². The molecule has 1 atom stereocenters. The summed E-state index contributed by atoms with van der Waals surface area (Å²) >= 11 is 3.72. The molecule has 3 heteroatoms. The Morgan fingerprint density at radius 2 is 2.11 bits per heavy atom. The van der Waals surface area contributed by atoms with Crippen LogP contribution in [0.2, 0.25) is 0 Å². The van der Waals surface area contributed by atoms with Crippen molar-refractivity contribution in [1.82, 2.24) is 5.32 Å². The number of halogens is 1. The molecule has 100 valence electrons. The average Bonchev–Trinajstić information content (AvgIpc) is 2.38. The molecule has 1 N–H and O–H groups in total. The fourth-order valence-corrected chi connectivity index (χ4v) is 3.31. The Balaban J connectivity index is 2.38. The van der Waals surface area contributed by atoms with E-state index in [0.29, 0.717) is 6.04 Å². The zero-order valence-corrected chi connectivity index (χ0v) is 13.3. The van der Waals surface area contributed by atoms with Crippen molar-refractivity contribution < 1.29 is 0 Å². The van der Waals surface area contributed by atoms with Gasteiger partial charge < -0.3 is 10.2 Å². The molecule has 1 fully saturated rings. The van der Waals surface area contributed by atoms with Gasteiger partial charge in [0, 0.05) is 22.6 Å². The van der Waals surface area contributed by atoms with Gasteiger partial charge in [-0.25, -0.2) is 0 Å². The van der Waals surface area contributed by atoms with Crippen LogP contribution in [0.3, 0.4) is 0 Å². The molecule has 0 bridgehead atoms. The molecule has 1 aliphatic heterocycles. The van der Waals surface area contributed by atoms with Gasteiger partial charge in [0.05, 0.1) is 5.69 Å². The van der Waals surface area contributed by atoms with Crippen LogP contribution in [0.1, 0.15) is 32.8 Å². The molecule has 0 amide bonds. The molecule has 0 radical (unpaired) electrons. The van der Waals surface area contributed by atoms with E-state index in [9.17, 15) is 0 Å². The van der Waals surface area contributed by atoms with Crippen molar-refractivity contribution in [3.05, 3.63) is 28.2 Å². The Kier molecular flexibility index (Phi) is 4.02. The van der Waals surface area contributed by atoms with Crippen LogP contribution < -0.4 is 10.2 Å². The Hall–Kier alpha value is -0.540. The fraction of sp³-hybridized carbons (Fsp3) is 0.600. The first-order valence-electron chi connectivity index (χ1n) is 6.67. The first-order valence-corrected chi connectivity index (χ1v) is 7.46. The van der Waals surface area contributed by atoms with Crippen molar-refractivity contribution in [1.29, 1.82) is 0 Å². The number of hydrogen-bond donors (Lipinski definition) is 1. The van der Waals surface area contributed by atoms with Crippen LogP contribution >= 0.6 is 15.9 Å². The minimum atomic E-state index is 0.190. The lowest BCUT2D eigenvalue weighted by molar-refractivity contribution is 0.452. The lowest BCUT2D eigenvalue weighted by atomic mass is 9.97. The van der Waals surface area contributed by atoms with E-state index in [4.69, 9.17) is 0 Å². The molecule has 0 aromatic heterocycles. The van der Waals surface area contributed by atoms with Gasteiger partial charge in [-0.2, -0.15) is 0 Å². The highest BCUT2D eigenvalue weighted by Crippen LogP contribution is 2.34. The molecule has 0 aliphatic carbocycles. The van der Waals surface area contributed by atoms with Crippen LogP contribution in [0.4, 0.5) is 5.69 Å². The number of anilines is 1. The molecule has 2 rings (SSSR count). The summed E-state index contributed by atoms with van der Waals surface area (Å²) in [7, 11) is 0. The molecular formula is C15H23BrN2. The van der Waals surface area contributed by atoms with E-state index in [1.54, 1.807) is 0 Å². The van der Waals surface area contributed by atoms with Crippen molar-refractivity contribution in [2.75, 3.05) is 18.0 Å². The van der Waals surface area contributed by atoms with Gasteiger partial charge in [0.1, 0.15) is 0 Å². The monoisotopic (exact) mass is 310 g/mol. The second-order valence-electron chi connectivity index (χ2n) is 5.98. The third-order valence-electron chi connectivity index (χ3n) is 3.81. The van der Waals surface area contributed by atoms with Crippen LogP contribution in [-0.4, -0.2) is 24.7 Å². The molecule has 0 spiro atoms. The molecule has 1 unspecified atom stereocenters. The third kappa shape index (κ3) is 2.89. The van der Waals surface area contributed by atoms with Crippen molar-refractivity contribution in [2.45, 2.75) is 45.7 Å². The largest absolute Gasteiger partial charge is 0.364 e. The van der Waals surface area contributed by atoms with Crippen molar-refractivity contribution in [3.63, 3.8) is 0 Å². The number of hydrogen-bond acceptors (Lipinski definition) is 2. The van der Waals surface area contributed by atoms with Crippen LogP contribution in [0.15, 0.2) is 22.7 Å². The van der Waals surface area contributed by atoms with Gasteiger partial charge in [-0.3, -0.25) is 0 Å². The van der Waals surface area contributed by atoms with Crippen LogP contribution in [0.5, 0.6) is 0 Å². The van der Waals surface area contributed by atoms with E-state index in [2.05, 4.69) is 72.0 Å². The second-order valence-corrected chi connectivity index (χ2v) is 6.84. The maximum atomic E-state index is 3.72. The standard InChI is InChI=1S/C15H23BrN2/c1-11-5-6-14(13(16)9-11)18-10-12(2)17-8-7-15(18,3)4/h5-6,9,12,17H,7-8,10H2,1-4H3. The summed E-state index contributed by atoms with van der Waals surface area (Å²) in [5.41, 5.74) is 2.79. The normalized spacial score (nSPS) is 23.8. The van der Waals surface area contributed by atoms with Gasteiger partial charge in [-0.15, -0.1) is 0 Å². The quantitative estimate of drug-likeness (QED) is 0.850. The predicted molar refractivity (Wildman–Crippen MR) is 82.4 cm³/mol. The molecule has 1 saturated heterocycles. The molecular weight excluding hydrogens is 288 g/mol. The van der Waals surface area contributed by atoms with Crippen LogP contribution in [-0.2, 0) is 0 Å². The lowest BCUT2D eigenvalue weighted by Crippen LogP contribution is -2.46. The highest BCUT2D eigenvalue weighted by molar-refractivity contribution is 9.10. The zero-order valence-electron chi connectivity index (χ0n) is 11.8. The number of rotatable bonds is 1. The zero-order chi connectivity index (χ0) is 13.3. The van der Waals surface area contributed by atoms with Gasteiger partial charge in [-0.1, -0.05) is 6.07 Å². The van der Waals surface area contributed by atoms with E-state index in [1.807, 2.05) is 0 Å². The fourth-order valence-electron chi connectivity index (χ4n) is 2.60. The van der Waals surface area contributed by atoms with E-state index in [0.717, 1.165) is 19.5 Å². The van der Waals surface area contributed by atoms with Gasteiger partial charge in [-0.05, 0) is 74.3 Å². The lowest BCUT2D eigenvalue weighted by Gasteiger charge is -2.40. The number of nitrogens with zero attached hydrogens (tertiary/aromatic N) is 1. The van der Waals surface area contributed by atoms with Gasteiger partial charge in [0.2, 0.25) is 0 Å². The second kappa shape index (κ2) is 5.22. The minimum Gasteiger partial charge on any atom is -0.364 e. The molecule has 1 aromatic rings. The minimum absolute atomic E-state index is 0.190. The van der Waals surface area contributed by atoms with Crippen molar-refractivity contribution >= 4 is 21.6 Å². The molecule has 1 aliphatic rings. The smallest absolute Gasteiger partial charge is 0.0515 e. The first kappa shape index (κ1) is 13.9. The third-order valence-corrected chi connectivity index (χ3v) is 4.45. The molecule has 18 heavy (non-hydrogen) atoms. The summed E-state index contributed by atoms with van der Waals surface area (Å²) in [6.45, 7) is 11.2. The molecule has 2 nitrogen and oxygen atoms in total. The van der Waals surface area contributed by atoms with E-state index in [1.165, 1.54) is 15.7 Å². The summed E-state index contributed by atoms with van der Waals surface area (Å²) in [6.07, 6.45) is 1.16. The topological polar surface area (TPSA) is 15.3 Å². The Morgan fingerprint density at radius 1 is 1.39 bits per heavy atom. The van der Waals surface area contributed by atoms with Crippen molar-refractivity contribution in [2.24, 2.45) is 0 Å². The summed E-state index contributed by atoms with van der Waals surface area (Å²) in [5, 5.41) is 3.57. The first-order chi connectivity index (χ1) is 8.40. The summed E-state index contributed by atoms with van der Waals surface area (Å²) in [4.78, 5) is 2.53. The van der Waals surface area contributed by atoms with E-state index in [-0.39, 0.29) is 5.54 Å². The molecule has 1 aromatic carbocycles. The van der Waals surface area contributed by atoms with Gasteiger partial charge in [0.25, 0.3) is 0 Å².